The van der Waals surface area contributed by atoms with Crippen LogP contribution in [0.25, 0.3) is 0 Å². The average Bonchev–Trinajstić information content (AvgIpc) is 2.07. The number of hydrogen-bond donors (Lipinski definition) is 2. The van der Waals surface area contributed by atoms with Gasteiger partial charge in [-0.05, 0) is 44.8 Å². The SMILES string of the molecule is NCC/C=C\C1CCNCC1. The maximum absolute atomic E-state index is 5.38. The molecule has 2 heteroatoms. The highest BCUT2D eigenvalue weighted by Gasteiger charge is 2.08. The number of allylic oxidation sites excluding steroid dienone is 1. The zero-order chi connectivity index (χ0) is 7.94. The van der Waals surface area contributed by atoms with Crippen molar-refractivity contribution in [3.05, 3.63) is 12.2 Å². The molecular weight excluding hydrogens is 136 g/mol. The van der Waals surface area contributed by atoms with Crippen LogP contribution in [0.3, 0.4) is 0 Å². The van der Waals surface area contributed by atoms with Crippen molar-refractivity contribution >= 4 is 0 Å². The summed E-state index contributed by atoms with van der Waals surface area (Å²) >= 11 is 0. The van der Waals surface area contributed by atoms with Crippen LogP contribution in [0.15, 0.2) is 12.2 Å². The molecule has 1 saturated heterocycles. The van der Waals surface area contributed by atoms with Gasteiger partial charge in [-0.2, -0.15) is 0 Å². The van der Waals surface area contributed by atoms with Gasteiger partial charge in [-0.15, -0.1) is 0 Å². The minimum absolute atomic E-state index is 0.779. The molecule has 1 aliphatic heterocycles. The summed E-state index contributed by atoms with van der Waals surface area (Å²) < 4.78 is 0. The van der Waals surface area contributed by atoms with E-state index in [0.29, 0.717) is 0 Å². The van der Waals surface area contributed by atoms with E-state index in [-0.39, 0.29) is 0 Å². The fraction of sp³-hybridized carbons (Fsp3) is 0.778. The summed E-state index contributed by atoms with van der Waals surface area (Å²) in [5.74, 6) is 0.808. The van der Waals surface area contributed by atoms with Crippen molar-refractivity contribution < 1.29 is 0 Å². The van der Waals surface area contributed by atoms with Crippen molar-refractivity contribution in [3.8, 4) is 0 Å². The zero-order valence-corrected chi connectivity index (χ0v) is 7.05. The molecule has 0 amide bonds. The van der Waals surface area contributed by atoms with Crippen LogP contribution in [-0.4, -0.2) is 19.6 Å². The van der Waals surface area contributed by atoms with Gasteiger partial charge in [0.25, 0.3) is 0 Å². The molecule has 1 aliphatic rings. The fourth-order valence-electron chi connectivity index (χ4n) is 1.42. The molecule has 0 radical (unpaired) electrons. The second-order valence-corrected chi connectivity index (χ2v) is 3.09. The molecule has 0 aromatic rings. The quantitative estimate of drug-likeness (QED) is 0.592. The van der Waals surface area contributed by atoms with Crippen molar-refractivity contribution in [2.75, 3.05) is 19.6 Å². The molecule has 0 aliphatic carbocycles. The third-order valence-corrected chi connectivity index (χ3v) is 2.13. The molecule has 0 spiro atoms. The van der Waals surface area contributed by atoms with E-state index in [1.807, 2.05) is 0 Å². The number of nitrogens with two attached hydrogens (primary N) is 1. The standard InChI is InChI=1S/C9H18N2/c10-6-2-1-3-9-4-7-11-8-5-9/h1,3,9,11H,2,4-8,10H2/b3-1-. The summed E-state index contributed by atoms with van der Waals surface area (Å²) in [7, 11) is 0. The molecule has 0 aromatic heterocycles. The predicted octanol–water partition coefficient (Wildman–Crippen LogP) is 0.891. The maximum atomic E-state index is 5.38. The van der Waals surface area contributed by atoms with Gasteiger partial charge in [-0.3, -0.25) is 0 Å². The summed E-state index contributed by atoms with van der Waals surface area (Å²) in [5.41, 5.74) is 5.38. The van der Waals surface area contributed by atoms with Gasteiger partial charge in [-0.1, -0.05) is 12.2 Å². The minimum Gasteiger partial charge on any atom is -0.330 e. The van der Waals surface area contributed by atoms with Crippen LogP contribution in [0, 0.1) is 5.92 Å². The molecule has 1 heterocycles. The Morgan fingerprint density at radius 3 is 2.73 bits per heavy atom. The predicted molar refractivity (Wildman–Crippen MR) is 48.4 cm³/mol. The molecule has 1 fully saturated rings. The van der Waals surface area contributed by atoms with Crippen molar-refractivity contribution in [3.63, 3.8) is 0 Å². The van der Waals surface area contributed by atoms with Gasteiger partial charge in [-0.25, -0.2) is 0 Å². The van der Waals surface area contributed by atoms with Crippen LogP contribution < -0.4 is 11.1 Å². The van der Waals surface area contributed by atoms with Gasteiger partial charge in [0.2, 0.25) is 0 Å². The van der Waals surface area contributed by atoms with E-state index >= 15 is 0 Å². The smallest absolute Gasteiger partial charge is 0.00426 e. The number of nitrogens with one attached hydrogen (secondary N) is 1. The van der Waals surface area contributed by atoms with E-state index in [9.17, 15) is 0 Å². The van der Waals surface area contributed by atoms with Crippen molar-refractivity contribution in [2.24, 2.45) is 11.7 Å². The average molecular weight is 154 g/mol. The Bertz CT molecular complexity index is 115. The van der Waals surface area contributed by atoms with E-state index in [0.717, 1.165) is 18.9 Å². The maximum Gasteiger partial charge on any atom is -0.00426 e. The molecule has 11 heavy (non-hydrogen) atoms. The molecule has 0 unspecified atom stereocenters. The van der Waals surface area contributed by atoms with E-state index in [2.05, 4.69) is 17.5 Å². The Balaban J connectivity index is 2.13. The summed E-state index contributed by atoms with van der Waals surface area (Å²) in [6.07, 6.45) is 8.16. The summed E-state index contributed by atoms with van der Waals surface area (Å²) in [6.45, 7) is 3.14. The lowest BCUT2D eigenvalue weighted by Gasteiger charge is -2.19. The van der Waals surface area contributed by atoms with Crippen LogP contribution in [0.4, 0.5) is 0 Å². The molecule has 0 saturated carbocycles. The van der Waals surface area contributed by atoms with E-state index in [4.69, 9.17) is 5.73 Å². The molecular formula is C9H18N2. The van der Waals surface area contributed by atoms with Crippen LogP contribution in [0.5, 0.6) is 0 Å². The molecule has 0 atom stereocenters. The number of hydrogen-bond acceptors (Lipinski definition) is 2. The second-order valence-electron chi connectivity index (χ2n) is 3.09. The first-order valence-electron chi connectivity index (χ1n) is 4.51. The lowest BCUT2D eigenvalue weighted by molar-refractivity contribution is 0.436. The topological polar surface area (TPSA) is 38.0 Å². The van der Waals surface area contributed by atoms with Gasteiger partial charge in [0.05, 0.1) is 0 Å². The lowest BCUT2D eigenvalue weighted by atomic mass is 9.97. The first-order chi connectivity index (χ1) is 5.43. The largest absolute Gasteiger partial charge is 0.330 e. The Kier molecular flexibility index (Phi) is 4.24. The van der Waals surface area contributed by atoms with Crippen molar-refractivity contribution in [1.29, 1.82) is 0 Å². The first-order valence-corrected chi connectivity index (χ1v) is 4.51. The molecule has 64 valence electrons. The van der Waals surface area contributed by atoms with Gasteiger partial charge >= 0.3 is 0 Å². The molecule has 0 bridgehead atoms. The highest BCUT2D eigenvalue weighted by atomic mass is 14.9. The third kappa shape index (κ3) is 3.54. The third-order valence-electron chi connectivity index (χ3n) is 2.13. The summed E-state index contributed by atoms with van der Waals surface area (Å²) in [6, 6.07) is 0. The Morgan fingerprint density at radius 2 is 2.09 bits per heavy atom. The van der Waals surface area contributed by atoms with Crippen molar-refractivity contribution in [2.45, 2.75) is 19.3 Å². The monoisotopic (exact) mass is 154 g/mol. The van der Waals surface area contributed by atoms with Gasteiger partial charge in [0.1, 0.15) is 0 Å². The van der Waals surface area contributed by atoms with Gasteiger partial charge < -0.3 is 11.1 Å². The Labute approximate surface area is 68.9 Å². The fourth-order valence-corrected chi connectivity index (χ4v) is 1.42. The van der Waals surface area contributed by atoms with Crippen molar-refractivity contribution in [1.82, 2.24) is 5.32 Å². The van der Waals surface area contributed by atoms with Crippen LogP contribution in [0.1, 0.15) is 19.3 Å². The number of piperidine rings is 1. The number of rotatable bonds is 3. The summed E-state index contributed by atoms with van der Waals surface area (Å²) in [4.78, 5) is 0. The van der Waals surface area contributed by atoms with Crippen LogP contribution in [0.2, 0.25) is 0 Å². The highest BCUT2D eigenvalue weighted by molar-refractivity contribution is 4.90. The van der Waals surface area contributed by atoms with E-state index in [1.54, 1.807) is 0 Å². The van der Waals surface area contributed by atoms with Gasteiger partial charge in [0, 0.05) is 0 Å². The van der Waals surface area contributed by atoms with E-state index < -0.39 is 0 Å². The van der Waals surface area contributed by atoms with Crippen LogP contribution in [-0.2, 0) is 0 Å². The lowest BCUT2D eigenvalue weighted by Crippen LogP contribution is -2.26. The zero-order valence-electron chi connectivity index (χ0n) is 7.05. The van der Waals surface area contributed by atoms with E-state index in [1.165, 1.54) is 25.9 Å². The molecule has 1 rings (SSSR count). The Hall–Kier alpha value is -0.340. The normalized spacial score (nSPS) is 21.2. The molecule has 2 nitrogen and oxygen atoms in total. The second kappa shape index (κ2) is 5.33. The van der Waals surface area contributed by atoms with Gasteiger partial charge in [0.15, 0.2) is 0 Å². The molecule has 3 N–H and O–H groups in total. The van der Waals surface area contributed by atoms with Crippen LogP contribution >= 0.6 is 0 Å². The Morgan fingerprint density at radius 1 is 1.36 bits per heavy atom. The highest BCUT2D eigenvalue weighted by Crippen LogP contribution is 2.12. The minimum atomic E-state index is 0.779. The first kappa shape index (κ1) is 8.75. The summed E-state index contributed by atoms with van der Waals surface area (Å²) in [5, 5.41) is 3.35. The molecule has 0 aromatic carbocycles.